The lowest BCUT2D eigenvalue weighted by Gasteiger charge is -2.27. The van der Waals surface area contributed by atoms with Gasteiger partial charge in [0.25, 0.3) is 0 Å². The lowest BCUT2D eigenvalue weighted by Crippen LogP contribution is -2.44. The van der Waals surface area contributed by atoms with E-state index in [2.05, 4.69) is 16.0 Å². The van der Waals surface area contributed by atoms with E-state index in [-0.39, 0.29) is 36.9 Å². The molecule has 0 spiro atoms. The van der Waals surface area contributed by atoms with Crippen LogP contribution in [0.4, 0.5) is 16.2 Å². The zero-order valence-corrected chi connectivity index (χ0v) is 14.7. The second-order valence-corrected chi connectivity index (χ2v) is 5.99. The van der Waals surface area contributed by atoms with Crippen LogP contribution in [-0.4, -0.2) is 55.6 Å². The van der Waals surface area contributed by atoms with Gasteiger partial charge in [-0.15, -0.1) is 0 Å². The molecule has 0 aromatic heterocycles. The molecule has 1 fully saturated rings. The predicted octanol–water partition coefficient (Wildman–Crippen LogP) is 1.32. The van der Waals surface area contributed by atoms with E-state index in [4.69, 9.17) is 4.74 Å². The first-order valence-electron chi connectivity index (χ1n) is 8.15. The van der Waals surface area contributed by atoms with Gasteiger partial charge in [-0.3, -0.25) is 9.59 Å². The van der Waals surface area contributed by atoms with Gasteiger partial charge in [0.05, 0.1) is 0 Å². The molecule has 0 radical (unpaired) electrons. The molecule has 2 rings (SSSR count). The highest BCUT2D eigenvalue weighted by molar-refractivity contribution is 5.96. The van der Waals surface area contributed by atoms with Gasteiger partial charge in [0, 0.05) is 44.0 Å². The molecule has 1 aromatic carbocycles. The Balaban J connectivity index is 2.10. The summed E-state index contributed by atoms with van der Waals surface area (Å²) in [5.41, 5.74) is 1.97. The number of carbonyl (C=O) groups is 3. The Hall–Kier alpha value is -2.61. The van der Waals surface area contributed by atoms with Gasteiger partial charge in [-0.25, -0.2) is 4.79 Å². The van der Waals surface area contributed by atoms with E-state index >= 15 is 0 Å². The summed E-state index contributed by atoms with van der Waals surface area (Å²) >= 11 is 0. The summed E-state index contributed by atoms with van der Waals surface area (Å²) in [5.74, 6) is -0.319. The van der Waals surface area contributed by atoms with E-state index < -0.39 is 0 Å². The van der Waals surface area contributed by atoms with E-state index in [1.807, 2.05) is 13.8 Å². The highest BCUT2D eigenvalue weighted by Gasteiger charge is 2.25. The summed E-state index contributed by atoms with van der Waals surface area (Å²) in [6.45, 7) is 4.46. The quantitative estimate of drug-likeness (QED) is 0.764. The Bertz CT molecular complexity index is 662. The predicted molar refractivity (Wildman–Crippen MR) is 94.5 cm³/mol. The Kier molecular flexibility index (Phi) is 6.35. The van der Waals surface area contributed by atoms with Crippen molar-refractivity contribution in [1.82, 2.24) is 10.2 Å². The summed E-state index contributed by atoms with van der Waals surface area (Å²) in [6.07, 6.45) is 0.282. The second-order valence-electron chi connectivity index (χ2n) is 5.99. The van der Waals surface area contributed by atoms with Gasteiger partial charge in [0.1, 0.15) is 6.61 Å². The molecular weight excluding hydrogens is 324 g/mol. The van der Waals surface area contributed by atoms with Crippen LogP contribution in [0, 0.1) is 6.92 Å². The van der Waals surface area contributed by atoms with Crippen LogP contribution in [0.2, 0.25) is 0 Å². The minimum absolute atomic E-state index is 0.0393. The van der Waals surface area contributed by atoms with E-state index in [9.17, 15) is 14.4 Å². The second kappa shape index (κ2) is 8.48. The zero-order chi connectivity index (χ0) is 18.4. The van der Waals surface area contributed by atoms with Gasteiger partial charge >= 0.3 is 6.03 Å². The number of ether oxygens (including phenoxy) is 1. The molecule has 0 saturated carbocycles. The third kappa shape index (κ3) is 4.93. The van der Waals surface area contributed by atoms with Crippen LogP contribution in [0.3, 0.4) is 0 Å². The largest absolute Gasteiger partial charge is 0.375 e. The van der Waals surface area contributed by atoms with Crippen molar-refractivity contribution in [2.45, 2.75) is 26.3 Å². The van der Waals surface area contributed by atoms with Crippen molar-refractivity contribution in [3.63, 3.8) is 0 Å². The minimum atomic E-state index is -0.271. The number of nitrogens with zero attached hydrogens (tertiary/aromatic N) is 1. The number of rotatable bonds is 4. The number of nitrogens with one attached hydrogen (secondary N) is 3. The lowest BCUT2D eigenvalue weighted by atomic mass is 10.1. The Morgan fingerprint density at radius 2 is 2.00 bits per heavy atom. The summed E-state index contributed by atoms with van der Waals surface area (Å²) in [5, 5.41) is 8.39. The molecule has 1 atom stereocenters. The minimum Gasteiger partial charge on any atom is -0.375 e. The van der Waals surface area contributed by atoms with Crippen LogP contribution >= 0.6 is 0 Å². The summed E-state index contributed by atoms with van der Waals surface area (Å²) in [4.78, 5) is 37.4. The molecule has 1 aromatic rings. The maximum Gasteiger partial charge on any atom is 0.322 e. The maximum atomic E-state index is 12.6. The molecule has 1 aliphatic heterocycles. The van der Waals surface area contributed by atoms with Crippen LogP contribution in [0.15, 0.2) is 18.2 Å². The summed E-state index contributed by atoms with van der Waals surface area (Å²) < 4.78 is 4.80. The number of carbonyl (C=O) groups excluding carboxylic acids is 3. The molecule has 1 unspecified atom stereocenters. The molecular formula is C17H24N4O4. The van der Waals surface area contributed by atoms with Gasteiger partial charge in [-0.2, -0.15) is 0 Å². The first kappa shape index (κ1) is 18.7. The van der Waals surface area contributed by atoms with Gasteiger partial charge in [-0.1, -0.05) is 6.07 Å². The Labute approximate surface area is 146 Å². The molecule has 4 amide bonds. The SMILES string of the molecule is COCC(=O)Nc1cccc(NC(=O)N2CCC(=O)NCC2C)c1C. The third-order valence-electron chi connectivity index (χ3n) is 4.09. The molecule has 3 N–H and O–H groups in total. The van der Waals surface area contributed by atoms with E-state index in [1.54, 1.807) is 23.1 Å². The molecule has 136 valence electrons. The number of urea groups is 1. The number of anilines is 2. The van der Waals surface area contributed by atoms with Crippen molar-refractivity contribution >= 4 is 29.2 Å². The standard InChI is InChI=1S/C17H24N4O4/c1-11-9-18-15(22)7-8-21(11)17(24)20-14-6-4-5-13(12(14)2)19-16(23)10-25-3/h4-6,11H,7-10H2,1-3H3,(H,18,22)(H,19,23)(H,20,24). The fourth-order valence-corrected chi connectivity index (χ4v) is 2.62. The zero-order valence-electron chi connectivity index (χ0n) is 14.7. The van der Waals surface area contributed by atoms with Crippen LogP contribution in [0.25, 0.3) is 0 Å². The highest BCUT2D eigenvalue weighted by Crippen LogP contribution is 2.24. The van der Waals surface area contributed by atoms with Gasteiger partial charge < -0.3 is 25.6 Å². The van der Waals surface area contributed by atoms with Crippen LogP contribution < -0.4 is 16.0 Å². The number of hydrogen-bond acceptors (Lipinski definition) is 4. The van der Waals surface area contributed by atoms with E-state index in [1.165, 1.54) is 7.11 Å². The number of methoxy groups -OCH3 is 1. The smallest absolute Gasteiger partial charge is 0.322 e. The van der Waals surface area contributed by atoms with Crippen molar-refractivity contribution in [1.29, 1.82) is 0 Å². The van der Waals surface area contributed by atoms with Crippen molar-refractivity contribution in [3.8, 4) is 0 Å². The molecule has 1 aliphatic rings. The van der Waals surface area contributed by atoms with Crippen molar-refractivity contribution < 1.29 is 19.1 Å². The monoisotopic (exact) mass is 348 g/mol. The first-order valence-corrected chi connectivity index (χ1v) is 8.15. The van der Waals surface area contributed by atoms with E-state index in [0.717, 1.165) is 5.56 Å². The summed E-state index contributed by atoms with van der Waals surface area (Å²) in [7, 11) is 1.45. The molecule has 25 heavy (non-hydrogen) atoms. The molecule has 0 bridgehead atoms. The van der Waals surface area contributed by atoms with E-state index in [0.29, 0.717) is 24.5 Å². The summed E-state index contributed by atoms with van der Waals surface area (Å²) in [6, 6.07) is 4.91. The highest BCUT2D eigenvalue weighted by atomic mass is 16.5. The number of hydrogen-bond donors (Lipinski definition) is 3. The Morgan fingerprint density at radius 1 is 1.32 bits per heavy atom. The van der Waals surface area contributed by atoms with Crippen molar-refractivity contribution in [2.24, 2.45) is 0 Å². The van der Waals surface area contributed by atoms with Crippen LogP contribution in [0.1, 0.15) is 18.9 Å². The van der Waals surface area contributed by atoms with Gasteiger partial charge in [0.2, 0.25) is 11.8 Å². The fraction of sp³-hybridized carbons (Fsp3) is 0.471. The molecule has 8 heteroatoms. The average molecular weight is 348 g/mol. The molecule has 0 aliphatic carbocycles. The third-order valence-corrected chi connectivity index (χ3v) is 4.09. The average Bonchev–Trinajstić information content (AvgIpc) is 2.73. The first-order chi connectivity index (χ1) is 11.9. The van der Waals surface area contributed by atoms with Crippen molar-refractivity contribution in [3.05, 3.63) is 23.8 Å². The van der Waals surface area contributed by atoms with Gasteiger partial charge in [-0.05, 0) is 31.5 Å². The fourth-order valence-electron chi connectivity index (χ4n) is 2.62. The normalized spacial score (nSPS) is 17.5. The Morgan fingerprint density at radius 3 is 2.68 bits per heavy atom. The maximum absolute atomic E-state index is 12.6. The van der Waals surface area contributed by atoms with Crippen LogP contribution in [-0.2, 0) is 14.3 Å². The number of amides is 4. The van der Waals surface area contributed by atoms with Crippen molar-refractivity contribution in [2.75, 3.05) is 37.4 Å². The topological polar surface area (TPSA) is 99.8 Å². The lowest BCUT2D eigenvalue weighted by molar-refractivity contribution is -0.121. The molecule has 1 saturated heterocycles. The molecule has 1 heterocycles. The number of benzene rings is 1. The van der Waals surface area contributed by atoms with Gasteiger partial charge in [0.15, 0.2) is 0 Å². The van der Waals surface area contributed by atoms with Crippen LogP contribution in [0.5, 0.6) is 0 Å². The molecule has 8 nitrogen and oxygen atoms in total.